The average Bonchev–Trinajstić information content (AvgIpc) is 2.65. The van der Waals surface area contributed by atoms with Gasteiger partial charge < -0.3 is 5.32 Å². The highest BCUT2D eigenvalue weighted by Crippen LogP contribution is 2.16. The van der Waals surface area contributed by atoms with Gasteiger partial charge in [0.1, 0.15) is 11.6 Å². The van der Waals surface area contributed by atoms with Crippen molar-refractivity contribution >= 4 is 0 Å². The minimum absolute atomic E-state index is 0.370. The molecule has 0 aliphatic rings. The lowest BCUT2D eigenvalue weighted by Gasteiger charge is -2.07. The SMILES string of the molecule is CCCNCc1c(C)nn(Cc2cc(F)cc(F)c2)c1C. The Hall–Kier alpha value is -1.75. The van der Waals surface area contributed by atoms with Crippen molar-refractivity contribution in [3.8, 4) is 0 Å². The molecule has 1 aromatic heterocycles. The van der Waals surface area contributed by atoms with Gasteiger partial charge in [-0.25, -0.2) is 8.78 Å². The van der Waals surface area contributed by atoms with Gasteiger partial charge in [0.05, 0.1) is 12.2 Å². The van der Waals surface area contributed by atoms with Crippen LogP contribution < -0.4 is 5.32 Å². The van der Waals surface area contributed by atoms with E-state index in [2.05, 4.69) is 17.3 Å². The third-order valence-corrected chi connectivity index (χ3v) is 3.51. The fourth-order valence-corrected chi connectivity index (χ4v) is 2.41. The van der Waals surface area contributed by atoms with E-state index >= 15 is 0 Å². The van der Waals surface area contributed by atoms with Crippen molar-refractivity contribution in [1.82, 2.24) is 15.1 Å². The molecule has 2 rings (SSSR count). The normalized spacial score (nSPS) is 11.1. The Bertz CT molecular complexity index is 600. The summed E-state index contributed by atoms with van der Waals surface area (Å²) in [4.78, 5) is 0. The first-order valence-corrected chi connectivity index (χ1v) is 7.19. The predicted molar refractivity (Wildman–Crippen MR) is 79.2 cm³/mol. The molecule has 1 N–H and O–H groups in total. The van der Waals surface area contributed by atoms with Gasteiger partial charge in [0.15, 0.2) is 0 Å². The van der Waals surface area contributed by atoms with E-state index in [0.717, 1.165) is 42.5 Å². The average molecular weight is 293 g/mol. The van der Waals surface area contributed by atoms with E-state index in [1.165, 1.54) is 12.1 Å². The Labute approximate surface area is 124 Å². The zero-order chi connectivity index (χ0) is 15.4. The lowest BCUT2D eigenvalue weighted by atomic mass is 10.2. The topological polar surface area (TPSA) is 29.9 Å². The molecule has 1 aromatic carbocycles. The highest BCUT2D eigenvalue weighted by Gasteiger charge is 2.12. The van der Waals surface area contributed by atoms with E-state index in [9.17, 15) is 8.78 Å². The Morgan fingerprint density at radius 3 is 2.43 bits per heavy atom. The molecule has 0 spiro atoms. The summed E-state index contributed by atoms with van der Waals surface area (Å²) in [6, 6.07) is 3.56. The Morgan fingerprint density at radius 1 is 1.14 bits per heavy atom. The second kappa shape index (κ2) is 6.80. The number of nitrogens with zero attached hydrogens (tertiary/aromatic N) is 2. The van der Waals surface area contributed by atoms with Crippen LogP contribution in [0, 0.1) is 25.5 Å². The zero-order valence-corrected chi connectivity index (χ0v) is 12.7. The highest BCUT2D eigenvalue weighted by molar-refractivity contribution is 5.26. The van der Waals surface area contributed by atoms with E-state index in [0.29, 0.717) is 12.1 Å². The Balaban J connectivity index is 2.18. The summed E-state index contributed by atoms with van der Waals surface area (Å²) in [5, 5.41) is 7.83. The molecule has 0 saturated heterocycles. The monoisotopic (exact) mass is 293 g/mol. The first kappa shape index (κ1) is 15.6. The Morgan fingerprint density at radius 2 is 1.81 bits per heavy atom. The molecule has 0 aliphatic heterocycles. The number of benzene rings is 1. The third kappa shape index (κ3) is 3.88. The fraction of sp³-hybridized carbons (Fsp3) is 0.438. The van der Waals surface area contributed by atoms with Gasteiger partial charge in [0.25, 0.3) is 0 Å². The standard InChI is InChI=1S/C16H21F2N3/c1-4-5-19-9-16-11(2)20-21(12(16)3)10-13-6-14(17)8-15(18)7-13/h6-8,19H,4-5,9-10H2,1-3H3. The van der Waals surface area contributed by atoms with Crippen LogP contribution in [0.2, 0.25) is 0 Å². The molecule has 5 heteroatoms. The van der Waals surface area contributed by atoms with Crippen molar-refractivity contribution in [2.75, 3.05) is 6.54 Å². The van der Waals surface area contributed by atoms with Crippen molar-refractivity contribution in [3.63, 3.8) is 0 Å². The number of nitrogens with one attached hydrogen (secondary N) is 1. The maximum absolute atomic E-state index is 13.2. The van der Waals surface area contributed by atoms with Gasteiger partial charge in [-0.15, -0.1) is 0 Å². The molecule has 114 valence electrons. The van der Waals surface area contributed by atoms with Crippen LogP contribution >= 0.6 is 0 Å². The van der Waals surface area contributed by atoms with Crippen molar-refractivity contribution < 1.29 is 8.78 Å². The zero-order valence-electron chi connectivity index (χ0n) is 12.7. The number of aryl methyl sites for hydroxylation is 1. The molecule has 2 aromatic rings. The van der Waals surface area contributed by atoms with Gasteiger partial charge in [-0.1, -0.05) is 6.92 Å². The third-order valence-electron chi connectivity index (χ3n) is 3.51. The van der Waals surface area contributed by atoms with Crippen LogP contribution in [0.5, 0.6) is 0 Å². The van der Waals surface area contributed by atoms with E-state index in [1.54, 1.807) is 4.68 Å². The van der Waals surface area contributed by atoms with Crippen molar-refractivity contribution in [1.29, 1.82) is 0 Å². The molecule has 3 nitrogen and oxygen atoms in total. The number of aromatic nitrogens is 2. The van der Waals surface area contributed by atoms with Crippen LogP contribution in [0.4, 0.5) is 8.78 Å². The van der Waals surface area contributed by atoms with Crippen molar-refractivity contribution in [2.45, 2.75) is 40.3 Å². The summed E-state index contributed by atoms with van der Waals surface area (Å²) in [5.41, 5.74) is 3.71. The van der Waals surface area contributed by atoms with E-state index in [1.807, 2.05) is 13.8 Å². The lowest BCUT2D eigenvalue weighted by Crippen LogP contribution is -2.15. The van der Waals surface area contributed by atoms with Crippen LogP contribution in [-0.2, 0) is 13.1 Å². The fourth-order valence-electron chi connectivity index (χ4n) is 2.41. The first-order valence-electron chi connectivity index (χ1n) is 7.19. The smallest absolute Gasteiger partial charge is 0.126 e. The van der Waals surface area contributed by atoms with Crippen LogP contribution in [-0.4, -0.2) is 16.3 Å². The van der Waals surface area contributed by atoms with Gasteiger partial charge in [-0.3, -0.25) is 4.68 Å². The van der Waals surface area contributed by atoms with Gasteiger partial charge in [0.2, 0.25) is 0 Å². The second-order valence-electron chi connectivity index (χ2n) is 5.26. The van der Waals surface area contributed by atoms with Gasteiger partial charge in [-0.2, -0.15) is 5.10 Å². The van der Waals surface area contributed by atoms with Gasteiger partial charge >= 0.3 is 0 Å². The van der Waals surface area contributed by atoms with Crippen LogP contribution in [0.15, 0.2) is 18.2 Å². The second-order valence-corrected chi connectivity index (χ2v) is 5.26. The van der Waals surface area contributed by atoms with E-state index < -0.39 is 11.6 Å². The predicted octanol–water partition coefficient (Wildman–Crippen LogP) is 3.33. The van der Waals surface area contributed by atoms with Gasteiger partial charge in [-0.05, 0) is 44.5 Å². The van der Waals surface area contributed by atoms with Crippen LogP contribution in [0.1, 0.15) is 35.9 Å². The summed E-state index contributed by atoms with van der Waals surface area (Å²) in [7, 11) is 0. The number of halogens is 2. The van der Waals surface area contributed by atoms with Crippen molar-refractivity contribution in [3.05, 3.63) is 52.3 Å². The van der Waals surface area contributed by atoms with Crippen molar-refractivity contribution in [2.24, 2.45) is 0 Å². The molecule has 21 heavy (non-hydrogen) atoms. The van der Waals surface area contributed by atoms with E-state index in [4.69, 9.17) is 0 Å². The van der Waals surface area contributed by atoms with Crippen LogP contribution in [0.25, 0.3) is 0 Å². The summed E-state index contributed by atoms with van der Waals surface area (Å²) in [6.07, 6.45) is 1.08. The Kier molecular flexibility index (Phi) is 5.07. The summed E-state index contributed by atoms with van der Waals surface area (Å²) in [6.45, 7) is 8.16. The molecule has 0 unspecified atom stereocenters. The minimum Gasteiger partial charge on any atom is -0.313 e. The van der Waals surface area contributed by atoms with E-state index in [-0.39, 0.29) is 0 Å². The molecule has 1 heterocycles. The molecule has 0 radical (unpaired) electrons. The lowest BCUT2D eigenvalue weighted by molar-refractivity contribution is 0.572. The molecule has 0 aliphatic carbocycles. The summed E-state index contributed by atoms with van der Waals surface area (Å²) in [5.74, 6) is -1.12. The molecule has 0 atom stereocenters. The van der Waals surface area contributed by atoms with Gasteiger partial charge in [0, 0.05) is 23.9 Å². The number of hydrogen-bond acceptors (Lipinski definition) is 2. The summed E-state index contributed by atoms with van der Waals surface area (Å²) >= 11 is 0. The quantitative estimate of drug-likeness (QED) is 0.828. The maximum Gasteiger partial charge on any atom is 0.126 e. The molecule has 0 bridgehead atoms. The number of rotatable bonds is 6. The molecule has 0 fully saturated rings. The largest absolute Gasteiger partial charge is 0.313 e. The molecular formula is C16H21F2N3. The maximum atomic E-state index is 13.2. The molecule has 0 amide bonds. The highest BCUT2D eigenvalue weighted by atomic mass is 19.1. The summed E-state index contributed by atoms with van der Waals surface area (Å²) < 4.78 is 28.3. The molecule has 0 saturated carbocycles. The first-order chi connectivity index (χ1) is 10.0. The minimum atomic E-state index is -0.559. The number of hydrogen-bond donors (Lipinski definition) is 1. The van der Waals surface area contributed by atoms with Crippen LogP contribution in [0.3, 0.4) is 0 Å². The molecular weight excluding hydrogens is 272 g/mol.